The van der Waals surface area contributed by atoms with E-state index in [9.17, 15) is 5.11 Å². The number of halogens is 1. The van der Waals surface area contributed by atoms with Gasteiger partial charge in [-0.05, 0) is 30.2 Å². The van der Waals surface area contributed by atoms with Crippen molar-refractivity contribution in [3.8, 4) is 0 Å². The molecular formula is C12H11ClN2O. The van der Waals surface area contributed by atoms with Crippen molar-refractivity contribution in [2.45, 2.75) is 13.0 Å². The Kier molecular flexibility index (Phi) is 3.17. The lowest BCUT2D eigenvalue weighted by Gasteiger charge is -2.10. The van der Waals surface area contributed by atoms with Crippen LogP contribution in [0.15, 0.2) is 36.7 Å². The number of hydrogen-bond donors (Lipinski definition) is 1. The maximum atomic E-state index is 10.0. The van der Waals surface area contributed by atoms with Crippen molar-refractivity contribution in [2.24, 2.45) is 0 Å². The molecule has 0 aliphatic carbocycles. The molecule has 1 aromatic carbocycles. The highest BCUT2D eigenvalue weighted by atomic mass is 35.5. The summed E-state index contributed by atoms with van der Waals surface area (Å²) in [5.41, 5.74) is 1.67. The van der Waals surface area contributed by atoms with Gasteiger partial charge < -0.3 is 5.11 Å². The fraction of sp³-hybridized carbons (Fsp3) is 0.167. The normalized spacial score (nSPS) is 12.4. The third-order valence-electron chi connectivity index (χ3n) is 2.34. The molecule has 4 heteroatoms. The molecule has 0 saturated carbocycles. The second-order valence-corrected chi connectivity index (χ2v) is 3.93. The number of aliphatic hydroxyl groups is 1. The van der Waals surface area contributed by atoms with Gasteiger partial charge >= 0.3 is 0 Å². The largest absolute Gasteiger partial charge is 0.380 e. The minimum absolute atomic E-state index is 0.377. The third-order valence-corrected chi connectivity index (χ3v) is 2.75. The van der Waals surface area contributed by atoms with E-state index in [2.05, 4.69) is 9.97 Å². The van der Waals surface area contributed by atoms with Crippen molar-refractivity contribution >= 4 is 11.6 Å². The maximum Gasteiger partial charge on any atom is 0.161 e. The molecule has 1 unspecified atom stereocenters. The molecule has 1 aromatic heterocycles. The fourth-order valence-electron chi connectivity index (χ4n) is 1.38. The summed E-state index contributed by atoms with van der Waals surface area (Å²) >= 11 is 5.99. The van der Waals surface area contributed by atoms with Crippen LogP contribution >= 0.6 is 11.6 Å². The molecular weight excluding hydrogens is 224 g/mol. The summed E-state index contributed by atoms with van der Waals surface area (Å²) in [4.78, 5) is 8.01. The van der Waals surface area contributed by atoms with Crippen molar-refractivity contribution in [1.29, 1.82) is 0 Å². The average molecular weight is 235 g/mol. The first-order chi connectivity index (χ1) is 7.68. The van der Waals surface area contributed by atoms with Crippen molar-refractivity contribution < 1.29 is 5.11 Å². The molecule has 3 nitrogen and oxygen atoms in total. The van der Waals surface area contributed by atoms with Crippen LogP contribution in [0.2, 0.25) is 5.02 Å². The van der Waals surface area contributed by atoms with Gasteiger partial charge in [-0.2, -0.15) is 0 Å². The zero-order valence-electron chi connectivity index (χ0n) is 8.76. The molecule has 1 heterocycles. The summed E-state index contributed by atoms with van der Waals surface area (Å²) in [6, 6.07) is 7.13. The van der Waals surface area contributed by atoms with E-state index in [1.165, 1.54) is 0 Å². The molecule has 1 N–H and O–H groups in total. The molecule has 2 rings (SSSR count). The van der Waals surface area contributed by atoms with Crippen molar-refractivity contribution in [3.05, 3.63) is 58.6 Å². The molecule has 0 radical (unpaired) electrons. The highest BCUT2D eigenvalue weighted by Crippen LogP contribution is 2.23. The molecule has 0 aliphatic heterocycles. The lowest BCUT2D eigenvalue weighted by atomic mass is 10.1. The third kappa shape index (κ3) is 2.21. The maximum absolute atomic E-state index is 10.0. The molecule has 82 valence electrons. The Bertz CT molecular complexity index is 488. The van der Waals surface area contributed by atoms with E-state index in [0.717, 1.165) is 5.56 Å². The Labute approximate surface area is 98.8 Å². The van der Waals surface area contributed by atoms with Crippen molar-refractivity contribution in [3.63, 3.8) is 0 Å². The molecule has 0 bridgehead atoms. The number of benzene rings is 1. The molecule has 2 aromatic rings. The van der Waals surface area contributed by atoms with E-state index in [1.54, 1.807) is 24.5 Å². The zero-order chi connectivity index (χ0) is 11.5. The van der Waals surface area contributed by atoms with Crippen molar-refractivity contribution in [2.75, 3.05) is 0 Å². The summed E-state index contributed by atoms with van der Waals surface area (Å²) in [6.07, 6.45) is 2.36. The topological polar surface area (TPSA) is 46.0 Å². The number of aromatic nitrogens is 2. The van der Waals surface area contributed by atoms with Gasteiger partial charge in [0, 0.05) is 17.4 Å². The van der Waals surface area contributed by atoms with Crippen LogP contribution in [0.5, 0.6) is 0 Å². The Hall–Kier alpha value is -1.45. The SMILES string of the molecule is Cc1ccc(C(O)c2ncccn2)cc1Cl. The first-order valence-corrected chi connectivity index (χ1v) is 5.27. The zero-order valence-corrected chi connectivity index (χ0v) is 9.52. The minimum Gasteiger partial charge on any atom is -0.380 e. The predicted molar refractivity (Wildman–Crippen MR) is 62.3 cm³/mol. The summed E-state index contributed by atoms with van der Waals surface area (Å²) in [6.45, 7) is 1.91. The van der Waals surface area contributed by atoms with Gasteiger partial charge in [0.2, 0.25) is 0 Å². The Morgan fingerprint density at radius 1 is 1.25 bits per heavy atom. The Morgan fingerprint density at radius 3 is 2.56 bits per heavy atom. The van der Waals surface area contributed by atoms with Gasteiger partial charge in [-0.15, -0.1) is 0 Å². The van der Waals surface area contributed by atoms with Gasteiger partial charge in [-0.25, -0.2) is 9.97 Å². The number of aliphatic hydroxyl groups excluding tert-OH is 1. The van der Waals surface area contributed by atoms with Crippen LogP contribution in [-0.2, 0) is 0 Å². The van der Waals surface area contributed by atoms with Gasteiger partial charge in [-0.3, -0.25) is 0 Å². The molecule has 0 spiro atoms. The lowest BCUT2D eigenvalue weighted by Crippen LogP contribution is -2.04. The van der Waals surface area contributed by atoms with Crippen LogP contribution in [0.3, 0.4) is 0 Å². The van der Waals surface area contributed by atoms with Crippen LogP contribution in [0, 0.1) is 6.92 Å². The summed E-state index contributed by atoms with van der Waals surface area (Å²) < 4.78 is 0. The Balaban J connectivity index is 2.34. The highest BCUT2D eigenvalue weighted by molar-refractivity contribution is 6.31. The minimum atomic E-state index is -0.834. The van der Waals surface area contributed by atoms with Crippen LogP contribution in [-0.4, -0.2) is 15.1 Å². The van der Waals surface area contributed by atoms with Crippen LogP contribution in [0.4, 0.5) is 0 Å². The van der Waals surface area contributed by atoms with Crippen LogP contribution in [0.25, 0.3) is 0 Å². The van der Waals surface area contributed by atoms with E-state index >= 15 is 0 Å². The van der Waals surface area contributed by atoms with Gasteiger partial charge in [0.25, 0.3) is 0 Å². The number of nitrogens with zero attached hydrogens (tertiary/aromatic N) is 2. The molecule has 1 atom stereocenters. The summed E-state index contributed by atoms with van der Waals surface area (Å²) in [7, 11) is 0. The molecule has 0 amide bonds. The monoisotopic (exact) mass is 234 g/mol. The molecule has 16 heavy (non-hydrogen) atoms. The smallest absolute Gasteiger partial charge is 0.161 e. The Morgan fingerprint density at radius 2 is 1.94 bits per heavy atom. The fourth-order valence-corrected chi connectivity index (χ4v) is 1.57. The van der Waals surface area contributed by atoms with Gasteiger partial charge in [-0.1, -0.05) is 23.7 Å². The van der Waals surface area contributed by atoms with E-state index in [1.807, 2.05) is 19.1 Å². The first-order valence-electron chi connectivity index (χ1n) is 4.89. The quantitative estimate of drug-likeness (QED) is 0.869. The number of rotatable bonds is 2. The van der Waals surface area contributed by atoms with Gasteiger partial charge in [0.05, 0.1) is 0 Å². The van der Waals surface area contributed by atoms with E-state index in [4.69, 9.17) is 11.6 Å². The summed E-state index contributed by atoms with van der Waals surface area (Å²) in [5, 5.41) is 10.7. The van der Waals surface area contributed by atoms with Crippen LogP contribution in [0.1, 0.15) is 23.1 Å². The number of hydrogen-bond acceptors (Lipinski definition) is 3. The average Bonchev–Trinajstić information content (AvgIpc) is 2.33. The van der Waals surface area contributed by atoms with Gasteiger partial charge in [0.15, 0.2) is 5.82 Å². The second kappa shape index (κ2) is 4.60. The van der Waals surface area contributed by atoms with E-state index in [-0.39, 0.29) is 0 Å². The number of aryl methyl sites for hydroxylation is 1. The predicted octanol–water partition coefficient (Wildman–Crippen LogP) is 2.52. The first kappa shape index (κ1) is 11.0. The molecule has 0 fully saturated rings. The van der Waals surface area contributed by atoms with Crippen LogP contribution < -0.4 is 0 Å². The van der Waals surface area contributed by atoms with Gasteiger partial charge in [0.1, 0.15) is 6.10 Å². The molecule has 0 saturated heterocycles. The summed E-state index contributed by atoms with van der Waals surface area (Å²) in [5.74, 6) is 0.377. The second-order valence-electron chi connectivity index (χ2n) is 3.52. The van der Waals surface area contributed by atoms with E-state index < -0.39 is 6.10 Å². The lowest BCUT2D eigenvalue weighted by molar-refractivity contribution is 0.210. The molecule has 0 aliphatic rings. The standard InChI is InChI=1S/C12H11ClN2O/c1-8-3-4-9(7-10(8)13)11(16)12-14-5-2-6-15-12/h2-7,11,16H,1H3. The highest BCUT2D eigenvalue weighted by Gasteiger charge is 2.13. The van der Waals surface area contributed by atoms with Crippen molar-refractivity contribution in [1.82, 2.24) is 9.97 Å². The van der Waals surface area contributed by atoms with E-state index in [0.29, 0.717) is 16.4 Å².